The molecule has 2 aromatic heterocycles. The molecule has 4 atom stereocenters. The van der Waals surface area contributed by atoms with E-state index in [0.717, 1.165) is 24.2 Å². The first-order valence-corrected chi connectivity index (χ1v) is 13.4. The number of halogens is 4. The van der Waals surface area contributed by atoms with Crippen molar-refractivity contribution in [2.24, 2.45) is 17.8 Å². The molecule has 4 bridgehead atoms. The van der Waals surface area contributed by atoms with Gasteiger partial charge in [-0.25, -0.2) is 4.79 Å². The largest absolute Gasteiger partial charge is 0.491 e. The number of anilines is 4. The quantitative estimate of drug-likeness (QED) is 0.260. The van der Waals surface area contributed by atoms with Crippen LogP contribution >= 0.6 is 0 Å². The molecule has 3 heterocycles. The zero-order valence-electron chi connectivity index (χ0n) is 21.7. The highest BCUT2D eigenvalue weighted by Gasteiger charge is 2.55. The van der Waals surface area contributed by atoms with Crippen molar-refractivity contribution in [1.29, 1.82) is 0 Å². The third-order valence-electron chi connectivity index (χ3n) is 8.59. The number of nitrogens with zero attached hydrogens (tertiary/aromatic N) is 4. The highest BCUT2D eigenvalue weighted by atomic mass is 19.4. The standard InChI is InChI=1S/C25H31F4N7O4/c1-11-4-16(35-34-11)30-20-18(26)21(36-3-2-15(37)7-17(36)40-22(38)25(27,28)29)33-23(32-20)31-19-13-5-12-6-14(19)10-24(39,8-12)9-13/h4,12-15,17,19,37,39H,2-3,5-10H2,1H3,(H3,30,31,32,33,34,35). The second-order valence-corrected chi connectivity index (χ2v) is 11.7. The Balaban J connectivity index is 1.34. The first kappa shape index (κ1) is 27.0. The summed E-state index contributed by atoms with van der Waals surface area (Å²) in [5, 5.41) is 34.0. The number of aryl methyl sites for hydroxylation is 1. The average Bonchev–Trinajstić information content (AvgIpc) is 3.26. The van der Waals surface area contributed by atoms with E-state index in [1.165, 1.54) is 0 Å². The van der Waals surface area contributed by atoms with Gasteiger partial charge in [0.05, 0.1) is 11.7 Å². The minimum absolute atomic E-state index is 0.0441. The number of carbonyl (C=O) groups is 1. The van der Waals surface area contributed by atoms with Crippen molar-refractivity contribution in [3.05, 3.63) is 17.6 Å². The molecule has 0 aromatic carbocycles. The molecule has 2 aromatic rings. The fraction of sp³-hybridized carbons (Fsp3) is 0.680. The van der Waals surface area contributed by atoms with Crippen LogP contribution in [-0.2, 0) is 9.53 Å². The van der Waals surface area contributed by atoms with Gasteiger partial charge < -0.3 is 30.5 Å². The lowest BCUT2D eigenvalue weighted by Crippen LogP contribution is -2.59. The van der Waals surface area contributed by atoms with Crippen LogP contribution in [0.2, 0.25) is 0 Å². The van der Waals surface area contributed by atoms with E-state index >= 15 is 4.39 Å². The number of hydrogen-bond acceptors (Lipinski definition) is 10. The summed E-state index contributed by atoms with van der Waals surface area (Å²) in [6.07, 6.45) is -4.20. The van der Waals surface area contributed by atoms with Crippen molar-refractivity contribution >= 4 is 29.4 Å². The Morgan fingerprint density at radius 2 is 1.93 bits per heavy atom. The maximum atomic E-state index is 15.9. The summed E-state index contributed by atoms with van der Waals surface area (Å²) in [4.78, 5) is 21.5. The normalized spacial score (nSPS) is 33.2. The third-order valence-corrected chi connectivity index (χ3v) is 8.59. The van der Waals surface area contributed by atoms with Gasteiger partial charge in [-0.3, -0.25) is 5.10 Å². The van der Waals surface area contributed by atoms with Crippen LogP contribution in [0.3, 0.4) is 0 Å². The summed E-state index contributed by atoms with van der Waals surface area (Å²) in [7, 11) is 0. The van der Waals surface area contributed by atoms with Crippen molar-refractivity contribution in [2.45, 2.75) is 82.0 Å². The van der Waals surface area contributed by atoms with Gasteiger partial charge in [-0.15, -0.1) is 0 Å². The van der Waals surface area contributed by atoms with Crippen molar-refractivity contribution in [3.8, 4) is 0 Å². The fourth-order valence-electron chi connectivity index (χ4n) is 7.20. The van der Waals surface area contributed by atoms with Gasteiger partial charge in [0.1, 0.15) is 0 Å². The number of nitrogens with one attached hydrogen (secondary N) is 3. The molecule has 0 amide bonds. The van der Waals surface area contributed by atoms with Crippen LogP contribution < -0.4 is 15.5 Å². The van der Waals surface area contributed by atoms with Crippen LogP contribution in [0, 0.1) is 30.5 Å². The maximum absolute atomic E-state index is 15.9. The molecular formula is C25H31F4N7O4. The van der Waals surface area contributed by atoms with E-state index in [4.69, 9.17) is 0 Å². The SMILES string of the molecule is Cc1cc(Nc2nc(NC3C4CC5CC3CC(O)(C5)C4)nc(N3CCC(O)CC3OC(=O)C(F)(F)F)c2F)n[nH]1. The van der Waals surface area contributed by atoms with Crippen LogP contribution in [-0.4, -0.2) is 73.0 Å². The lowest BCUT2D eigenvalue weighted by molar-refractivity contribution is -0.206. The van der Waals surface area contributed by atoms with E-state index in [-0.39, 0.29) is 60.7 Å². The summed E-state index contributed by atoms with van der Waals surface area (Å²) in [6, 6.07) is 1.55. The zero-order valence-corrected chi connectivity index (χ0v) is 21.7. The smallest absolute Gasteiger partial charge is 0.435 e. The predicted molar refractivity (Wildman–Crippen MR) is 133 cm³/mol. The number of aromatic amines is 1. The minimum atomic E-state index is -5.26. The average molecular weight is 570 g/mol. The molecule has 218 valence electrons. The Morgan fingerprint density at radius 1 is 1.20 bits per heavy atom. The van der Waals surface area contributed by atoms with Gasteiger partial charge in [0.15, 0.2) is 23.7 Å². The van der Waals surface area contributed by atoms with E-state index < -0.39 is 35.9 Å². The van der Waals surface area contributed by atoms with Crippen LogP contribution in [0.4, 0.5) is 41.0 Å². The van der Waals surface area contributed by atoms with E-state index in [9.17, 15) is 28.2 Å². The number of piperidine rings is 1. The Hall–Kier alpha value is -3.20. The Labute approximate surface area is 226 Å². The second-order valence-electron chi connectivity index (χ2n) is 11.7. The highest BCUT2D eigenvalue weighted by molar-refractivity contribution is 5.76. The molecule has 4 aliphatic carbocycles. The lowest BCUT2D eigenvalue weighted by atomic mass is 9.52. The Bertz CT molecular complexity index is 1270. The van der Waals surface area contributed by atoms with E-state index in [1.54, 1.807) is 13.0 Å². The zero-order chi connectivity index (χ0) is 28.4. The topological polar surface area (TPSA) is 149 Å². The van der Waals surface area contributed by atoms with Crippen molar-refractivity contribution < 1.29 is 37.3 Å². The first-order chi connectivity index (χ1) is 18.9. The number of alkyl halides is 3. The number of carbonyl (C=O) groups excluding carboxylic acids is 1. The first-order valence-electron chi connectivity index (χ1n) is 13.4. The van der Waals surface area contributed by atoms with Gasteiger partial charge in [-0.2, -0.15) is 32.6 Å². The van der Waals surface area contributed by atoms with Gasteiger partial charge in [-0.1, -0.05) is 0 Å². The molecule has 0 radical (unpaired) electrons. The van der Waals surface area contributed by atoms with Crippen LogP contribution in [0.25, 0.3) is 0 Å². The molecule has 40 heavy (non-hydrogen) atoms. The van der Waals surface area contributed by atoms with Gasteiger partial charge >= 0.3 is 12.1 Å². The van der Waals surface area contributed by atoms with Crippen molar-refractivity contribution in [3.63, 3.8) is 0 Å². The van der Waals surface area contributed by atoms with Crippen molar-refractivity contribution in [2.75, 3.05) is 22.1 Å². The fourth-order valence-corrected chi connectivity index (χ4v) is 7.20. The molecule has 5 N–H and O–H groups in total. The number of rotatable bonds is 6. The minimum Gasteiger partial charge on any atom is -0.435 e. The summed E-state index contributed by atoms with van der Waals surface area (Å²) < 4.78 is 59.6. The molecule has 1 aliphatic heterocycles. The lowest BCUT2D eigenvalue weighted by Gasteiger charge is -2.58. The van der Waals surface area contributed by atoms with Gasteiger partial charge in [0.25, 0.3) is 0 Å². The summed E-state index contributed by atoms with van der Waals surface area (Å²) in [5.74, 6) is -2.96. The molecule has 5 fully saturated rings. The van der Waals surface area contributed by atoms with Crippen LogP contribution in [0.5, 0.6) is 0 Å². The summed E-state index contributed by atoms with van der Waals surface area (Å²) in [6.45, 7) is 1.64. The second kappa shape index (κ2) is 9.72. The molecule has 7 rings (SSSR count). The van der Waals surface area contributed by atoms with Crippen LogP contribution in [0.15, 0.2) is 6.07 Å². The molecule has 4 unspecified atom stereocenters. The Morgan fingerprint density at radius 3 is 2.55 bits per heavy atom. The third kappa shape index (κ3) is 5.16. The van der Waals surface area contributed by atoms with E-state index in [2.05, 4.69) is 35.5 Å². The molecule has 0 spiro atoms. The number of aromatic nitrogens is 4. The van der Waals surface area contributed by atoms with Gasteiger partial charge in [0.2, 0.25) is 11.8 Å². The molecule has 1 saturated heterocycles. The summed E-state index contributed by atoms with van der Waals surface area (Å²) >= 11 is 0. The van der Waals surface area contributed by atoms with Gasteiger partial charge in [0, 0.05) is 30.8 Å². The van der Waals surface area contributed by atoms with Crippen LogP contribution in [0.1, 0.15) is 50.6 Å². The number of aliphatic hydroxyl groups excluding tert-OH is 1. The number of hydrogen-bond donors (Lipinski definition) is 5. The Kier molecular flexibility index (Phi) is 6.56. The number of aliphatic hydroxyl groups is 2. The number of H-pyrrole nitrogens is 1. The molecule has 15 heteroatoms. The molecule has 5 aliphatic rings. The van der Waals surface area contributed by atoms with Crippen molar-refractivity contribution in [1.82, 2.24) is 20.2 Å². The molecular weight excluding hydrogens is 538 g/mol. The van der Waals surface area contributed by atoms with E-state index in [1.807, 2.05) is 0 Å². The number of esters is 1. The van der Waals surface area contributed by atoms with Gasteiger partial charge in [-0.05, 0) is 63.2 Å². The maximum Gasteiger partial charge on any atom is 0.491 e. The summed E-state index contributed by atoms with van der Waals surface area (Å²) in [5.41, 5.74) is 0.0318. The number of ether oxygens (including phenoxy) is 1. The van der Waals surface area contributed by atoms with E-state index in [0.29, 0.717) is 24.5 Å². The predicted octanol–water partition coefficient (Wildman–Crippen LogP) is 3.14. The monoisotopic (exact) mass is 569 g/mol. The molecule has 4 saturated carbocycles. The highest BCUT2D eigenvalue weighted by Crippen LogP contribution is 2.56. The molecule has 11 nitrogen and oxygen atoms in total.